The molecule has 3 aromatic carbocycles. The third-order valence-electron chi connectivity index (χ3n) is 7.52. The van der Waals surface area contributed by atoms with E-state index in [1.807, 2.05) is 72.8 Å². The molecule has 0 radical (unpaired) electrons. The summed E-state index contributed by atoms with van der Waals surface area (Å²) in [6.45, 7) is 15.5. The lowest BCUT2D eigenvalue weighted by Crippen LogP contribution is -2.44. The summed E-state index contributed by atoms with van der Waals surface area (Å²) in [7, 11) is 0. The van der Waals surface area contributed by atoms with Crippen LogP contribution in [0.25, 0.3) is 10.9 Å². The molecule has 5 rings (SSSR count). The van der Waals surface area contributed by atoms with Gasteiger partial charge in [-0.15, -0.1) is 0 Å². The third kappa shape index (κ3) is 5.25. The molecule has 0 amide bonds. The number of benzene rings is 3. The van der Waals surface area contributed by atoms with Crippen molar-refractivity contribution in [1.29, 1.82) is 5.26 Å². The quantitative estimate of drug-likeness (QED) is 0.262. The van der Waals surface area contributed by atoms with Crippen molar-refractivity contribution in [2.75, 3.05) is 11.4 Å². The Morgan fingerprint density at radius 3 is 2.26 bits per heavy atom. The maximum Gasteiger partial charge on any atom is 0.265 e. The van der Waals surface area contributed by atoms with Crippen molar-refractivity contribution in [2.45, 2.75) is 51.2 Å². The maximum atomic E-state index is 9.76. The van der Waals surface area contributed by atoms with Gasteiger partial charge in [0.25, 0.3) is 5.70 Å². The van der Waals surface area contributed by atoms with Gasteiger partial charge in [0.1, 0.15) is 5.76 Å². The predicted molar refractivity (Wildman–Crippen MR) is 158 cm³/mol. The van der Waals surface area contributed by atoms with Crippen LogP contribution in [0.2, 0.25) is 0 Å². The summed E-state index contributed by atoms with van der Waals surface area (Å²) in [5.74, 6) is 0.620. The first-order valence-corrected chi connectivity index (χ1v) is 13.5. The van der Waals surface area contributed by atoms with Crippen LogP contribution in [0.15, 0.2) is 108 Å². The third-order valence-corrected chi connectivity index (χ3v) is 7.52. The molecule has 2 heterocycles. The van der Waals surface area contributed by atoms with Crippen LogP contribution in [-0.4, -0.2) is 12.1 Å². The van der Waals surface area contributed by atoms with Gasteiger partial charge >= 0.3 is 0 Å². The minimum Gasteiger partial charge on any atom is -0.478 e. The Bertz CT molecular complexity index is 1470. The fourth-order valence-electron chi connectivity index (χ4n) is 5.66. The number of fused-ring (bicyclic) bond motifs is 1. The van der Waals surface area contributed by atoms with Gasteiger partial charge in [-0.1, -0.05) is 72.8 Å². The molecule has 0 aromatic heterocycles. The standard InChI is InChI=1S/C35H33N3O/c1-34(2,3)38-21-11-12-27-22-26(18-20-33(27)38)17-19-31-23-28(32(25-36)37-4)24-35(39-31,29-13-7-5-8-14-29)30-15-9-6-10-16-30/h5-10,13-20,22-23H,11-12,21,24H2,1-3H3/b19-17+,32-28-. The fourth-order valence-corrected chi connectivity index (χ4v) is 5.66. The highest BCUT2D eigenvalue weighted by atomic mass is 16.5. The van der Waals surface area contributed by atoms with E-state index >= 15 is 0 Å². The van der Waals surface area contributed by atoms with Crippen molar-refractivity contribution in [3.8, 4) is 6.07 Å². The molecule has 0 unspecified atom stereocenters. The molecule has 0 saturated carbocycles. The van der Waals surface area contributed by atoms with Crippen molar-refractivity contribution in [1.82, 2.24) is 0 Å². The van der Waals surface area contributed by atoms with Gasteiger partial charge in [0, 0.05) is 35.3 Å². The lowest BCUT2D eigenvalue weighted by molar-refractivity contribution is 0.0348. The van der Waals surface area contributed by atoms with Crippen molar-refractivity contribution in [2.24, 2.45) is 0 Å². The van der Waals surface area contributed by atoms with E-state index in [-0.39, 0.29) is 11.2 Å². The molecule has 2 aliphatic heterocycles. The molecule has 4 heteroatoms. The molecule has 0 aliphatic carbocycles. The molecule has 0 atom stereocenters. The first-order chi connectivity index (χ1) is 18.8. The number of anilines is 1. The van der Waals surface area contributed by atoms with Crippen LogP contribution in [0.5, 0.6) is 0 Å². The maximum absolute atomic E-state index is 9.76. The highest BCUT2D eigenvalue weighted by Crippen LogP contribution is 2.45. The van der Waals surface area contributed by atoms with E-state index in [2.05, 4.69) is 60.9 Å². The molecule has 0 bridgehead atoms. The van der Waals surface area contributed by atoms with Gasteiger partial charge in [0.2, 0.25) is 0 Å². The minimum absolute atomic E-state index is 0.0789. The molecular formula is C35H33N3O. The highest BCUT2D eigenvalue weighted by molar-refractivity contribution is 5.64. The Morgan fingerprint density at radius 2 is 1.67 bits per heavy atom. The number of ether oxygens (including phenoxy) is 1. The Balaban J connectivity index is 1.57. The largest absolute Gasteiger partial charge is 0.478 e. The number of hydrogen-bond acceptors (Lipinski definition) is 3. The van der Waals surface area contributed by atoms with Crippen molar-refractivity contribution in [3.05, 3.63) is 142 Å². The molecule has 0 fully saturated rings. The minimum atomic E-state index is -0.859. The van der Waals surface area contributed by atoms with Crippen molar-refractivity contribution >= 4 is 11.8 Å². The summed E-state index contributed by atoms with van der Waals surface area (Å²) < 4.78 is 6.83. The summed E-state index contributed by atoms with van der Waals surface area (Å²) in [5.41, 5.74) is 5.72. The van der Waals surface area contributed by atoms with Crippen molar-refractivity contribution < 1.29 is 4.74 Å². The van der Waals surface area contributed by atoms with Gasteiger partial charge < -0.3 is 9.64 Å². The van der Waals surface area contributed by atoms with E-state index in [0.29, 0.717) is 17.8 Å². The molecule has 39 heavy (non-hydrogen) atoms. The summed E-state index contributed by atoms with van der Waals surface area (Å²) in [6, 6.07) is 28.9. The summed E-state index contributed by atoms with van der Waals surface area (Å²) >= 11 is 0. The molecular weight excluding hydrogens is 478 g/mol. The van der Waals surface area contributed by atoms with Gasteiger partial charge in [-0.3, -0.25) is 0 Å². The monoisotopic (exact) mass is 511 g/mol. The first kappa shape index (κ1) is 26.1. The van der Waals surface area contributed by atoms with Gasteiger partial charge in [-0.25, -0.2) is 10.1 Å². The SMILES string of the molecule is [C-]#[N+]/C(C#N)=C1C=C(/C=C/c2ccc3c(c2)CCCN3C(C)(C)C)OC(c2ccccc2)(c2ccccc2)C/1. The van der Waals surface area contributed by atoms with Gasteiger partial charge in [-0.05, 0) is 74.6 Å². The van der Waals surface area contributed by atoms with Gasteiger partial charge in [-0.2, -0.15) is 0 Å². The molecule has 3 aromatic rings. The molecule has 0 saturated heterocycles. The number of rotatable bonds is 4. The van der Waals surface area contributed by atoms with E-state index in [1.54, 1.807) is 0 Å². The van der Waals surface area contributed by atoms with Crippen LogP contribution in [0.1, 0.15) is 55.9 Å². The Hall–Kier alpha value is -4.54. The zero-order valence-corrected chi connectivity index (χ0v) is 22.8. The zero-order chi connectivity index (χ0) is 27.5. The van der Waals surface area contributed by atoms with E-state index in [4.69, 9.17) is 11.3 Å². The van der Waals surface area contributed by atoms with Gasteiger partial charge in [0.05, 0.1) is 12.6 Å². The van der Waals surface area contributed by atoms with Crippen LogP contribution < -0.4 is 4.90 Å². The molecule has 0 N–H and O–H groups in total. The van der Waals surface area contributed by atoms with E-state index in [9.17, 15) is 5.26 Å². The zero-order valence-electron chi connectivity index (χ0n) is 22.8. The second-order valence-electron chi connectivity index (χ2n) is 11.1. The predicted octanol–water partition coefficient (Wildman–Crippen LogP) is 8.20. The number of nitriles is 1. The van der Waals surface area contributed by atoms with E-state index in [0.717, 1.165) is 36.1 Å². The topological polar surface area (TPSA) is 40.6 Å². The van der Waals surface area contributed by atoms with Crippen LogP contribution >= 0.6 is 0 Å². The number of nitrogens with zero attached hydrogens (tertiary/aromatic N) is 3. The average molecular weight is 512 g/mol. The number of allylic oxidation sites excluding steroid dienone is 3. The lowest BCUT2D eigenvalue weighted by atomic mass is 9.79. The first-order valence-electron chi connectivity index (χ1n) is 13.5. The fraction of sp³-hybridized carbons (Fsp3) is 0.257. The Labute approximate surface area is 232 Å². The number of aryl methyl sites for hydroxylation is 1. The highest BCUT2D eigenvalue weighted by Gasteiger charge is 2.40. The van der Waals surface area contributed by atoms with Gasteiger partial charge in [0.15, 0.2) is 5.60 Å². The van der Waals surface area contributed by atoms with E-state index < -0.39 is 5.60 Å². The second kappa shape index (κ2) is 10.7. The number of hydrogen-bond donors (Lipinski definition) is 0. The average Bonchev–Trinajstić information content (AvgIpc) is 2.96. The van der Waals surface area contributed by atoms with Crippen molar-refractivity contribution in [3.63, 3.8) is 0 Å². The van der Waals surface area contributed by atoms with Crippen LogP contribution in [-0.2, 0) is 16.8 Å². The van der Waals surface area contributed by atoms with Crippen LogP contribution in [0.4, 0.5) is 5.69 Å². The molecule has 0 spiro atoms. The van der Waals surface area contributed by atoms with Crippen LogP contribution in [0, 0.1) is 17.9 Å². The molecule has 194 valence electrons. The van der Waals surface area contributed by atoms with E-state index in [1.165, 1.54) is 11.3 Å². The lowest BCUT2D eigenvalue weighted by Gasteiger charge is -2.41. The molecule has 4 nitrogen and oxygen atoms in total. The molecule has 2 aliphatic rings. The second-order valence-corrected chi connectivity index (χ2v) is 11.1. The summed E-state index contributed by atoms with van der Waals surface area (Å²) in [5, 5.41) is 9.76. The Morgan fingerprint density at radius 1 is 1.00 bits per heavy atom. The normalized spacial score (nSPS) is 17.9. The smallest absolute Gasteiger partial charge is 0.265 e. The Kier molecular flexibility index (Phi) is 7.14. The van der Waals surface area contributed by atoms with Crippen LogP contribution in [0.3, 0.4) is 0 Å². The summed E-state index contributed by atoms with van der Waals surface area (Å²) in [6.07, 6.45) is 8.48. The summed E-state index contributed by atoms with van der Waals surface area (Å²) in [4.78, 5) is 6.04.